The van der Waals surface area contributed by atoms with E-state index >= 15 is 0 Å². The number of hydrogen-bond acceptors (Lipinski definition) is 4. The second-order valence-corrected chi connectivity index (χ2v) is 7.99. The van der Waals surface area contributed by atoms with Crippen molar-refractivity contribution < 1.29 is 9.59 Å². The van der Waals surface area contributed by atoms with Crippen molar-refractivity contribution in [3.63, 3.8) is 0 Å². The van der Waals surface area contributed by atoms with Gasteiger partial charge in [-0.2, -0.15) is 11.3 Å². The van der Waals surface area contributed by atoms with E-state index in [1.165, 1.54) is 0 Å². The fraction of sp³-hybridized carbons (Fsp3) is 0.647. The van der Waals surface area contributed by atoms with Gasteiger partial charge in [-0.3, -0.25) is 14.5 Å². The number of carbonyl (C=O) groups excluding carboxylic acids is 2. The Balaban J connectivity index is 1.76. The summed E-state index contributed by atoms with van der Waals surface area (Å²) in [6.45, 7) is 6.76. The van der Waals surface area contributed by atoms with Crippen LogP contribution in [0.2, 0.25) is 0 Å². The first-order valence-corrected chi connectivity index (χ1v) is 9.17. The molecule has 23 heavy (non-hydrogen) atoms. The van der Waals surface area contributed by atoms with Crippen molar-refractivity contribution in [2.45, 2.75) is 32.2 Å². The monoisotopic (exact) mass is 335 g/mol. The van der Waals surface area contributed by atoms with Crippen molar-refractivity contribution in [1.82, 2.24) is 9.80 Å². The number of nitrogens with zero attached hydrogens (tertiary/aromatic N) is 3. The van der Waals surface area contributed by atoms with Gasteiger partial charge in [-0.15, -0.1) is 0 Å². The Morgan fingerprint density at radius 2 is 2.17 bits per heavy atom. The molecule has 1 aromatic heterocycles. The van der Waals surface area contributed by atoms with E-state index in [0.717, 1.165) is 25.2 Å². The van der Waals surface area contributed by atoms with Crippen LogP contribution >= 0.6 is 11.3 Å². The quantitative estimate of drug-likeness (QED) is 0.849. The molecule has 5 nitrogen and oxygen atoms in total. The van der Waals surface area contributed by atoms with Crippen molar-refractivity contribution in [2.24, 2.45) is 5.92 Å². The van der Waals surface area contributed by atoms with Gasteiger partial charge in [0.1, 0.15) is 0 Å². The molecular formula is C17H25N3O2S. The Hall–Kier alpha value is -1.40. The molecule has 3 rings (SSSR count). The maximum atomic E-state index is 12.4. The molecule has 3 heterocycles. The van der Waals surface area contributed by atoms with Crippen LogP contribution in [0.25, 0.3) is 0 Å². The van der Waals surface area contributed by atoms with E-state index in [1.54, 1.807) is 11.3 Å². The minimum Gasteiger partial charge on any atom is -0.341 e. The largest absolute Gasteiger partial charge is 0.341 e. The molecule has 1 aromatic rings. The van der Waals surface area contributed by atoms with E-state index in [1.807, 2.05) is 33.7 Å². The maximum Gasteiger partial charge on any atom is 0.241 e. The van der Waals surface area contributed by atoms with Crippen LogP contribution in [0.4, 0.5) is 5.69 Å². The van der Waals surface area contributed by atoms with Gasteiger partial charge in [0, 0.05) is 31.4 Å². The Morgan fingerprint density at radius 3 is 2.83 bits per heavy atom. The summed E-state index contributed by atoms with van der Waals surface area (Å²) < 4.78 is 0. The normalized spacial score (nSPS) is 25.8. The van der Waals surface area contributed by atoms with Gasteiger partial charge in [0.05, 0.1) is 17.8 Å². The van der Waals surface area contributed by atoms with Gasteiger partial charge in [0.15, 0.2) is 0 Å². The van der Waals surface area contributed by atoms with Crippen LogP contribution in [-0.4, -0.2) is 60.4 Å². The van der Waals surface area contributed by atoms with Gasteiger partial charge in [0.2, 0.25) is 11.8 Å². The average molecular weight is 335 g/mol. The minimum absolute atomic E-state index is 0.109. The Labute approximate surface area is 141 Å². The summed E-state index contributed by atoms with van der Waals surface area (Å²) in [7, 11) is 2.01. The first-order chi connectivity index (χ1) is 10.9. The lowest BCUT2D eigenvalue weighted by molar-refractivity contribution is -0.131. The molecule has 0 saturated carbocycles. The summed E-state index contributed by atoms with van der Waals surface area (Å²) in [4.78, 5) is 30.8. The fourth-order valence-electron chi connectivity index (χ4n) is 3.59. The van der Waals surface area contributed by atoms with Gasteiger partial charge in [0.25, 0.3) is 0 Å². The highest BCUT2D eigenvalue weighted by Gasteiger charge is 2.48. The summed E-state index contributed by atoms with van der Waals surface area (Å²) in [6, 6.07) is 2.00. The molecular weight excluding hydrogens is 310 g/mol. The van der Waals surface area contributed by atoms with Gasteiger partial charge in [-0.05, 0) is 30.8 Å². The fourth-order valence-corrected chi connectivity index (χ4v) is 4.24. The lowest BCUT2D eigenvalue weighted by Crippen LogP contribution is -2.64. The van der Waals surface area contributed by atoms with Crippen molar-refractivity contribution in [1.29, 1.82) is 0 Å². The summed E-state index contributed by atoms with van der Waals surface area (Å²) in [5.41, 5.74) is 0.877. The van der Waals surface area contributed by atoms with E-state index in [9.17, 15) is 9.59 Å². The van der Waals surface area contributed by atoms with E-state index in [-0.39, 0.29) is 17.4 Å². The number of hydrogen-bond donors (Lipinski definition) is 0. The molecule has 126 valence electrons. The number of rotatable bonds is 3. The Bertz CT molecular complexity index is 587. The number of likely N-dealkylation sites (tertiary alicyclic amines) is 1. The highest BCUT2D eigenvalue weighted by Crippen LogP contribution is 2.34. The topological polar surface area (TPSA) is 43.9 Å². The third-order valence-electron chi connectivity index (χ3n) is 5.02. The van der Waals surface area contributed by atoms with Gasteiger partial charge in [-0.25, -0.2) is 0 Å². The molecule has 6 heteroatoms. The Kier molecular flexibility index (Phi) is 4.47. The standard InChI is InChI=1S/C17H25N3O2S/c1-13(2)8-15(21)19-6-5-17(11-19)12-20(14-4-7-23-10-14)16(22)9-18(17)3/h4,7,10,13H,5-6,8-9,11-12H2,1-3H3. The number of likely N-dealkylation sites (N-methyl/N-ethyl adjacent to an activating group) is 1. The molecule has 1 unspecified atom stereocenters. The molecule has 0 N–H and O–H groups in total. The molecule has 2 fully saturated rings. The average Bonchev–Trinajstić information content (AvgIpc) is 3.13. The van der Waals surface area contributed by atoms with Crippen LogP contribution in [0.15, 0.2) is 16.8 Å². The van der Waals surface area contributed by atoms with Crippen LogP contribution in [0.3, 0.4) is 0 Å². The molecule has 0 aromatic carbocycles. The third kappa shape index (κ3) is 3.15. The molecule has 1 atom stereocenters. The second-order valence-electron chi connectivity index (χ2n) is 7.21. The first-order valence-electron chi connectivity index (χ1n) is 8.23. The molecule has 2 aliphatic heterocycles. The third-order valence-corrected chi connectivity index (χ3v) is 5.69. The van der Waals surface area contributed by atoms with Crippen LogP contribution in [-0.2, 0) is 9.59 Å². The van der Waals surface area contributed by atoms with Crippen molar-refractivity contribution in [3.05, 3.63) is 16.8 Å². The highest BCUT2D eigenvalue weighted by molar-refractivity contribution is 7.08. The number of thiophene rings is 1. The predicted molar refractivity (Wildman–Crippen MR) is 92.7 cm³/mol. The molecule has 2 saturated heterocycles. The zero-order valence-corrected chi connectivity index (χ0v) is 14.9. The summed E-state index contributed by atoms with van der Waals surface area (Å²) >= 11 is 1.61. The summed E-state index contributed by atoms with van der Waals surface area (Å²) in [5, 5.41) is 4.02. The molecule has 0 bridgehead atoms. The zero-order valence-electron chi connectivity index (χ0n) is 14.1. The number of anilines is 1. The molecule has 2 aliphatic rings. The summed E-state index contributed by atoms with van der Waals surface area (Å²) in [6.07, 6.45) is 1.54. The molecule has 0 aliphatic carbocycles. The number of piperazine rings is 1. The lowest BCUT2D eigenvalue weighted by atomic mass is 9.93. The van der Waals surface area contributed by atoms with Crippen molar-refractivity contribution in [2.75, 3.05) is 38.1 Å². The van der Waals surface area contributed by atoms with E-state index in [0.29, 0.717) is 25.4 Å². The zero-order chi connectivity index (χ0) is 16.6. The molecule has 0 radical (unpaired) electrons. The van der Waals surface area contributed by atoms with Crippen LogP contribution < -0.4 is 4.90 Å². The van der Waals surface area contributed by atoms with Gasteiger partial charge >= 0.3 is 0 Å². The predicted octanol–water partition coefficient (Wildman–Crippen LogP) is 2.04. The Morgan fingerprint density at radius 1 is 1.39 bits per heavy atom. The van der Waals surface area contributed by atoms with Gasteiger partial charge < -0.3 is 9.80 Å². The highest BCUT2D eigenvalue weighted by atomic mass is 32.1. The summed E-state index contributed by atoms with van der Waals surface area (Å²) in [5.74, 6) is 0.764. The van der Waals surface area contributed by atoms with Gasteiger partial charge in [-0.1, -0.05) is 13.8 Å². The molecule has 2 amide bonds. The minimum atomic E-state index is -0.109. The van der Waals surface area contributed by atoms with Crippen molar-refractivity contribution in [3.8, 4) is 0 Å². The smallest absolute Gasteiger partial charge is 0.241 e. The van der Waals surface area contributed by atoms with Crippen molar-refractivity contribution >= 4 is 28.8 Å². The number of carbonyl (C=O) groups is 2. The van der Waals surface area contributed by atoms with Crippen LogP contribution in [0, 0.1) is 5.92 Å². The van der Waals surface area contributed by atoms with E-state index in [4.69, 9.17) is 0 Å². The number of amides is 2. The van der Waals surface area contributed by atoms with E-state index in [2.05, 4.69) is 18.7 Å². The maximum absolute atomic E-state index is 12.4. The SMILES string of the molecule is CC(C)CC(=O)N1CCC2(C1)CN(c1ccsc1)C(=O)CN2C. The second kappa shape index (κ2) is 6.24. The van der Waals surface area contributed by atoms with Crippen LogP contribution in [0.1, 0.15) is 26.7 Å². The molecule has 1 spiro atoms. The van der Waals surface area contributed by atoms with E-state index < -0.39 is 0 Å². The van der Waals surface area contributed by atoms with Crippen LogP contribution in [0.5, 0.6) is 0 Å². The lowest BCUT2D eigenvalue weighted by Gasteiger charge is -2.46. The first kappa shape index (κ1) is 16.5.